The summed E-state index contributed by atoms with van der Waals surface area (Å²) in [5.74, 6) is 2.50. The van der Waals surface area contributed by atoms with Crippen molar-refractivity contribution in [3.63, 3.8) is 0 Å². The lowest BCUT2D eigenvalue weighted by molar-refractivity contribution is -0.138. The summed E-state index contributed by atoms with van der Waals surface area (Å²) in [6.07, 6.45) is 2.03. The number of ether oxygens (including phenoxy) is 1. The molecule has 1 aliphatic heterocycles. The summed E-state index contributed by atoms with van der Waals surface area (Å²) in [6, 6.07) is 9.36. The normalized spacial score (nSPS) is 17.4. The van der Waals surface area contributed by atoms with Crippen LogP contribution in [0.15, 0.2) is 30.3 Å². The van der Waals surface area contributed by atoms with Gasteiger partial charge in [0.2, 0.25) is 5.91 Å². The summed E-state index contributed by atoms with van der Waals surface area (Å²) in [4.78, 5) is 26.5. The van der Waals surface area contributed by atoms with Crippen LogP contribution >= 0.6 is 0 Å². The Morgan fingerprint density at radius 3 is 2.71 bits per heavy atom. The molecule has 0 spiro atoms. The molecule has 1 fully saturated rings. The molecule has 2 heterocycles. The van der Waals surface area contributed by atoms with Crippen molar-refractivity contribution in [3.05, 3.63) is 42.0 Å². The fourth-order valence-electron chi connectivity index (χ4n) is 3.40. The van der Waals surface area contributed by atoms with Gasteiger partial charge in [0.25, 0.3) is 5.91 Å². The van der Waals surface area contributed by atoms with Gasteiger partial charge in [0.15, 0.2) is 11.9 Å². The zero-order chi connectivity index (χ0) is 19.5. The number of amides is 2. The Balaban J connectivity index is 1.34. The molecule has 28 heavy (non-hydrogen) atoms. The van der Waals surface area contributed by atoms with Crippen molar-refractivity contribution in [1.29, 1.82) is 0 Å². The van der Waals surface area contributed by atoms with E-state index in [1.165, 1.54) is 0 Å². The Morgan fingerprint density at radius 2 is 1.96 bits per heavy atom. The number of hydrogen-bond donors (Lipinski definition) is 1. The lowest BCUT2D eigenvalue weighted by Crippen LogP contribution is -2.42. The third-order valence-corrected chi connectivity index (χ3v) is 5.19. The molecule has 0 radical (unpaired) electrons. The van der Waals surface area contributed by atoms with Crippen molar-refractivity contribution in [1.82, 2.24) is 25.0 Å². The van der Waals surface area contributed by atoms with E-state index < -0.39 is 6.10 Å². The molecule has 1 N–H and O–H groups in total. The van der Waals surface area contributed by atoms with Gasteiger partial charge in [0.1, 0.15) is 11.6 Å². The highest BCUT2D eigenvalue weighted by Crippen LogP contribution is 2.28. The summed E-state index contributed by atoms with van der Waals surface area (Å²) >= 11 is 0. The molecule has 1 saturated carbocycles. The number of carbonyl (C=O) groups excluding carboxylic acids is 2. The molecule has 148 valence electrons. The minimum absolute atomic E-state index is 0.0360. The molecule has 4 rings (SSSR count). The van der Waals surface area contributed by atoms with E-state index in [1.54, 1.807) is 6.92 Å². The number of para-hydroxylation sites is 1. The predicted molar refractivity (Wildman–Crippen MR) is 101 cm³/mol. The second-order valence-electron chi connectivity index (χ2n) is 7.32. The van der Waals surface area contributed by atoms with Crippen LogP contribution < -0.4 is 10.1 Å². The molecule has 8 nitrogen and oxygen atoms in total. The average molecular weight is 383 g/mol. The van der Waals surface area contributed by atoms with Gasteiger partial charge in [-0.05, 0) is 31.9 Å². The number of carbonyl (C=O) groups is 2. The van der Waals surface area contributed by atoms with Gasteiger partial charge in [0.05, 0.1) is 6.54 Å². The Hall–Kier alpha value is -2.90. The SMILES string of the molecule is CC(Oc1ccccc1)C(=O)N1CCc2nnc(CNC(=O)C3CC3)n2CC1. The summed E-state index contributed by atoms with van der Waals surface area (Å²) in [6.45, 7) is 3.91. The van der Waals surface area contributed by atoms with Crippen LogP contribution in [0.4, 0.5) is 0 Å². The molecule has 2 amide bonds. The lowest BCUT2D eigenvalue weighted by atomic mass is 10.3. The van der Waals surface area contributed by atoms with Crippen LogP contribution in [0, 0.1) is 5.92 Å². The standard InChI is InChI=1S/C20H25N5O3/c1-14(28-16-5-3-2-4-6-16)20(27)24-10-9-17-22-23-18(25(17)12-11-24)13-21-19(26)15-7-8-15/h2-6,14-15H,7-13H2,1H3,(H,21,26). The monoisotopic (exact) mass is 383 g/mol. The van der Waals surface area contributed by atoms with Crippen LogP contribution in [-0.4, -0.2) is 50.7 Å². The Bertz CT molecular complexity index is 847. The third-order valence-electron chi connectivity index (χ3n) is 5.19. The first-order chi connectivity index (χ1) is 13.6. The minimum Gasteiger partial charge on any atom is -0.481 e. The number of hydrogen-bond acceptors (Lipinski definition) is 5. The van der Waals surface area contributed by atoms with Crippen molar-refractivity contribution in [2.75, 3.05) is 13.1 Å². The van der Waals surface area contributed by atoms with E-state index in [1.807, 2.05) is 39.8 Å². The molecule has 1 aromatic carbocycles. The van der Waals surface area contributed by atoms with Gasteiger partial charge in [-0.1, -0.05) is 18.2 Å². The van der Waals surface area contributed by atoms with Crippen LogP contribution in [0.3, 0.4) is 0 Å². The average Bonchev–Trinajstić information content (AvgIpc) is 3.52. The second kappa shape index (κ2) is 8.00. The van der Waals surface area contributed by atoms with Gasteiger partial charge in [-0.15, -0.1) is 10.2 Å². The largest absolute Gasteiger partial charge is 0.481 e. The van der Waals surface area contributed by atoms with E-state index in [-0.39, 0.29) is 17.7 Å². The molecular weight excluding hydrogens is 358 g/mol. The van der Waals surface area contributed by atoms with Gasteiger partial charge < -0.3 is 19.5 Å². The lowest BCUT2D eigenvalue weighted by Gasteiger charge is -2.24. The Morgan fingerprint density at radius 1 is 1.18 bits per heavy atom. The van der Waals surface area contributed by atoms with Crippen molar-refractivity contribution >= 4 is 11.8 Å². The highest BCUT2D eigenvalue weighted by Gasteiger charge is 2.30. The number of aromatic nitrogens is 3. The van der Waals surface area contributed by atoms with E-state index in [0.717, 1.165) is 24.5 Å². The number of fused-ring (bicyclic) bond motifs is 1. The number of nitrogens with zero attached hydrogens (tertiary/aromatic N) is 4. The van der Waals surface area contributed by atoms with Gasteiger partial charge in [0, 0.05) is 32.0 Å². The zero-order valence-corrected chi connectivity index (χ0v) is 16.0. The molecule has 1 aliphatic carbocycles. The van der Waals surface area contributed by atoms with E-state index in [4.69, 9.17) is 4.74 Å². The smallest absolute Gasteiger partial charge is 0.263 e. The van der Waals surface area contributed by atoms with E-state index >= 15 is 0 Å². The van der Waals surface area contributed by atoms with Gasteiger partial charge in [-0.3, -0.25) is 9.59 Å². The fraction of sp³-hybridized carbons (Fsp3) is 0.500. The van der Waals surface area contributed by atoms with Crippen molar-refractivity contribution in [3.8, 4) is 5.75 Å². The first-order valence-corrected chi connectivity index (χ1v) is 9.81. The fourth-order valence-corrected chi connectivity index (χ4v) is 3.40. The van der Waals surface area contributed by atoms with Crippen LogP contribution in [0.5, 0.6) is 5.75 Å². The quantitative estimate of drug-likeness (QED) is 0.808. The summed E-state index contributed by atoms with van der Waals surface area (Å²) in [5.41, 5.74) is 0. The summed E-state index contributed by atoms with van der Waals surface area (Å²) in [5, 5.41) is 11.4. The number of rotatable bonds is 6. The third kappa shape index (κ3) is 4.16. The molecule has 1 aromatic heterocycles. The maximum Gasteiger partial charge on any atom is 0.263 e. The Kier molecular flexibility index (Phi) is 5.27. The van der Waals surface area contributed by atoms with Crippen molar-refractivity contribution in [2.24, 2.45) is 5.92 Å². The maximum atomic E-state index is 12.8. The second-order valence-corrected chi connectivity index (χ2v) is 7.32. The molecule has 1 atom stereocenters. The Labute approximate surface area is 163 Å². The van der Waals surface area contributed by atoms with E-state index in [0.29, 0.717) is 38.3 Å². The number of nitrogens with one attached hydrogen (secondary N) is 1. The summed E-state index contributed by atoms with van der Waals surface area (Å²) in [7, 11) is 0. The van der Waals surface area contributed by atoms with Crippen LogP contribution in [0.1, 0.15) is 31.4 Å². The van der Waals surface area contributed by atoms with E-state index in [2.05, 4.69) is 15.5 Å². The molecule has 2 aliphatic rings. The highest BCUT2D eigenvalue weighted by atomic mass is 16.5. The van der Waals surface area contributed by atoms with Crippen LogP contribution in [0.2, 0.25) is 0 Å². The summed E-state index contributed by atoms with van der Waals surface area (Å²) < 4.78 is 7.79. The first kappa shape index (κ1) is 18.5. The van der Waals surface area contributed by atoms with Gasteiger partial charge in [-0.2, -0.15) is 0 Å². The van der Waals surface area contributed by atoms with Gasteiger partial charge in [-0.25, -0.2) is 0 Å². The highest BCUT2D eigenvalue weighted by molar-refractivity contribution is 5.81. The molecule has 2 aromatic rings. The molecule has 8 heteroatoms. The minimum atomic E-state index is -0.553. The molecule has 0 bridgehead atoms. The molecule has 0 saturated heterocycles. The number of benzene rings is 1. The van der Waals surface area contributed by atoms with Crippen LogP contribution in [0.25, 0.3) is 0 Å². The van der Waals surface area contributed by atoms with Crippen molar-refractivity contribution in [2.45, 2.75) is 45.4 Å². The van der Waals surface area contributed by atoms with Crippen molar-refractivity contribution < 1.29 is 14.3 Å². The van der Waals surface area contributed by atoms with Gasteiger partial charge >= 0.3 is 0 Å². The van der Waals surface area contributed by atoms with Crippen LogP contribution in [-0.2, 0) is 29.1 Å². The zero-order valence-electron chi connectivity index (χ0n) is 16.0. The maximum absolute atomic E-state index is 12.8. The topological polar surface area (TPSA) is 89.3 Å². The predicted octanol–water partition coefficient (Wildman–Crippen LogP) is 1.16. The molecule has 1 unspecified atom stereocenters. The first-order valence-electron chi connectivity index (χ1n) is 9.81. The van der Waals surface area contributed by atoms with E-state index in [9.17, 15) is 9.59 Å². The molecular formula is C20H25N5O3.